The topological polar surface area (TPSA) is 120 Å². The Morgan fingerprint density at radius 2 is 1.79 bits per heavy atom. The minimum atomic E-state index is -3.70. The van der Waals surface area contributed by atoms with Crippen molar-refractivity contribution in [1.29, 1.82) is 0 Å². The molecule has 2 heterocycles. The van der Waals surface area contributed by atoms with Gasteiger partial charge in [-0.1, -0.05) is 24.3 Å². The molecule has 0 aliphatic heterocycles. The van der Waals surface area contributed by atoms with Crippen LogP contribution in [0.25, 0.3) is 0 Å². The van der Waals surface area contributed by atoms with Gasteiger partial charge in [0.25, 0.3) is 11.8 Å². The van der Waals surface area contributed by atoms with Crippen LogP contribution in [-0.4, -0.2) is 32.8 Å². The second-order valence-electron chi connectivity index (χ2n) is 5.78. The molecule has 150 valence electrons. The third kappa shape index (κ3) is 5.18. The van der Waals surface area contributed by atoms with Crippen LogP contribution < -0.4 is 5.32 Å². The van der Waals surface area contributed by atoms with Gasteiger partial charge in [0.05, 0.1) is 21.8 Å². The Bertz CT molecular complexity index is 1120. The van der Waals surface area contributed by atoms with E-state index in [1.807, 2.05) is 0 Å². The number of amides is 2. The van der Waals surface area contributed by atoms with E-state index in [0.29, 0.717) is 4.88 Å². The maximum atomic E-state index is 12.5. The third-order valence-corrected chi connectivity index (χ3v) is 6.26. The van der Waals surface area contributed by atoms with Gasteiger partial charge in [-0.05, 0) is 29.6 Å². The molecule has 2 amide bonds. The van der Waals surface area contributed by atoms with E-state index in [1.54, 1.807) is 35.7 Å². The Labute approximate surface area is 170 Å². The van der Waals surface area contributed by atoms with Crippen LogP contribution in [0.3, 0.4) is 0 Å². The van der Waals surface area contributed by atoms with E-state index in [0.717, 1.165) is 17.6 Å². The Kier molecular flexibility index (Phi) is 6.25. The molecule has 0 bridgehead atoms. The molecular formula is C19H15NO7S2. The minimum Gasteiger partial charge on any atom is -0.457 e. The summed E-state index contributed by atoms with van der Waals surface area (Å²) in [6.45, 7) is -0.721. The molecule has 3 rings (SSSR count). The summed E-state index contributed by atoms with van der Waals surface area (Å²) in [6.07, 6.45) is 1.16. The highest BCUT2D eigenvalue weighted by Gasteiger charge is 2.24. The van der Waals surface area contributed by atoms with Crippen molar-refractivity contribution >= 4 is 39.0 Å². The van der Waals surface area contributed by atoms with Crippen LogP contribution in [0.1, 0.15) is 25.8 Å². The maximum Gasteiger partial charge on any atom is 0.375 e. The molecule has 10 heteroatoms. The van der Waals surface area contributed by atoms with E-state index in [9.17, 15) is 22.8 Å². The summed E-state index contributed by atoms with van der Waals surface area (Å²) in [7, 11) is -3.70. The molecule has 0 radical (unpaired) electrons. The molecule has 1 aromatic carbocycles. The van der Waals surface area contributed by atoms with E-state index in [-0.39, 0.29) is 16.2 Å². The average Bonchev–Trinajstić information content (AvgIpc) is 3.38. The van der Waals surface area contributed by atoms with E-state index in [4.69, 9.17) is 9.15 Å². The Morgan fingerprint density at radius 1 is 1.03 bits per heavy atom. The van der Waals surface area contributed by atoms with E-state index < -0.39 is 40.0 Å². The molecule has 0 atom stereocenters. The number of furan rings is 1. The number of esters is 1. The second-order valence-corrected chi connectivity index (χ2v) is 8.72. The fraction of sp³-hybridized carbons (Fsp3) is 0.105. The first-order valence-electron chi connectivity index (χ1n) is 8.26. The van der Waals surface area contributed by atoms with Gasteiger partial charge in [-0.15, -0.1) is 11.3 Å². The zero-order valence-electron chi connectivity index (χ0n) is 14.9. The van der Waals surface area contributed by atoms with E-state index in [1.165, 1.54) is 18.2 Å². The molecule has 0 fully saturated rings. The van der Waals surface area contributed by atoms with Crippen LogP contribution in [0.2, 0.25) is 0 Å². The number of carbonyl (C=O) groups is 3. The van der Waals surface area contributed by atoms with Crippen LogP contribution in [-0.2, 0) is 25.1 Å². The van der Waals surface area contributed by atoms with Crippen molar-refractivity contribution < 1.29 is 32.0 Å². The second kappa shape index (κ2) is 8.84. The number of benzene rings is 1. The third-order valence-electron chi connectivity index (χ3n) is 3.71. The van der Waals surface area contributed by atoms with Gasteiger partial charge in [0.15, 0.2) is 16.4 Å². The summed E-state index contributed by atoms with van der Waals surface area (Å²) in [6, 6.07) is 12.3. The zero-order valence-corrected chi connectivity index (χ0v) is 16.5. The summed E-state index contributed by atoms with van der Waals surface area (Å²) >= 11 is 1.16. The molecule has 0 saturated heterocycles. The number of sulfone groups is 1. The Hall–Kier alpha value is -3.24. The lowest BCUT2D eigenvalue weighted by atomic mass is 10.3. The molecule has 0 unspecified atom stereocenters. The predicted molar refractivity (Wildman–Crippen MR) is 103 cm³/mol. The zero-order chi connectivity index (χ0) is 20.9. The average molecular weight is 433 g/mol. The standard InChI is InChI=1S/C19H15NO7S2/c21-16(20-18(22)15-7-4-10-28-15)11-27-19(23)17-13(8-9-26-17)12-29(24,25)14-5-2-1-3-6-14/h1-10H,11-12H2,(H,20,21,22). The normalized spacial score (nSPS) is 11.0. The number of imide groups is 1. The smallest absolute Gasteiger partial charge is 0.375 e. The molecule has 0 aliphatic rings. The van der Waals surface area contributed by atoms with E-state index in [2.05, 4.69) is 5.32 Å². The van der Waals surface area contributed by atoms with Crippen molar-refractivity contribution in [2.45, 2.75) is 10.6 Å². The number of hydrogen-bond donors (Lipinski definition) is 1. The van der Waals surface area contributed by atoms with Crippen LogP contribution in [0.4, 0.5) is 0 Å². The lowest BCUT2D eigenvalue weighted by Gasteiger charge is -2.06. The molecule has 1 N–H and O–H groups in total. The molecule has 0 spiro atoms. The fourth-order valence-corrected chi connectivity index (χ4v) is 4.37. The number of nitrogens with one attached hydrogen (secondary N) is 1. The molecule has 2 aromatic heterocycles. The lowest BCUT2D eigenvalue weighted by molar-refractivity contribution is -0.123. The number of rotatable bonds is 7. The fourth-order valence-electron chi connectivity index (χ4n) is 2.37. The van der Waals surface area contributed by atoms with Gasteiger partial charge < -0.3 is 9.15 Å². The van der Waals surface area contributed by atoms with Crippen molar-refractivity contribution in [2.24, 2.45) is 0 Å². The molecule has 3 aromatic rings. The SMILES string of the molecule is O=C(COC(=O)c1occc1CS(=O)(=O)c1ccccc1)NC(=O)c1cccs1. The summed E-state index contributed by atoms with van der Waals surface area (Å²) < 4.78 is 34.8. The summed E-state index contributed by atoms with van der Waals surface area (Å²) in [5.74, 6) is -3.22. The van der Waals surface area contributed by atoms with Crippen molar-refractivity contribution in [1.82, 2.24) is 5.32 Å². The van der Waals surface area contributed by atoms with Gasteiger partial charge in [-0.25, -0.2) is 13.2 Å². The molecule has 0 aliphatic carbocycles. The molecule has 8 nitrogen and oxygen atoms in total. The first-order valence-corrected chi connectivity index (χ1v) is 10.8. The minimum absolute atomic E-state index is 0.104. The van der Waals surface area contributed by atoms with Crippen molar-refractivity contribution in [3.8, 4) is 0 Å². The van der Waals surface area contributed by atoms with Crippen molar-refractivity contribution in [2.75, 3.05) is 6.61 Å². The largest absolute Gasteiger partial charge is 0.457 e. The van der Waals surface area contributed by atoms with Crippen LogP contribution >= 0.6 is 11.3 Å². The predicted octanol–water partition coefficient (Wildman–Crippen LogP) is 2.43. The van der Waals surface area contributed by atoms with Gasteiger partial charge in [-0.3, -0.25) is 14.9 Å². The van der Waals surface area contributed by atoms with Crippen LogP contribution in [0, 0.1) is 0 Å². The first kappa shape index (κ1) is 20.5. The van der Waals surface area contributed by atoms with Crippen molar-refractivity contribution in [3.63, 3.8) is 0 Å². The highest BCUT2D eigenvalue weighted by Crippen LogP contribution is 2.20. The number of thiophene rings is 1. The maximum absolute atomic E-state index is 12.5. The summed E-state index contributed by atoms with van der Waals surface area (Å²) in [4.78, 5) is 36.2. The molecular weight excluding hydrogens is 418 g/mol. The van der Waals surface area contributed by atoms with Crippen LogP contribution in [0.15, 0.2) is 69.5 Å². The van der Waals surface area contributed by atoms with Gasteiger partial charge in [-0.2, -0.15) is 0 Å². The summed E-state index contributed by atoms with van der Waals surface area (Å²) in [5.41, 5.74) is 0.105. The number of carbonyl (C=O) groups excluding carboxylic acids is 3. The highest BCUT2D eigenvalue weighted by molar-refractivity contribution is 7.90. The Morgan fingerprint density at radius 3 is 2.48 bits per heavy atom. The number of hydrogen-bond acceptors (Lipinski definition) is 8. The first-order chi connectivity index (χ1) is 13.9. The van der Waals surface area contributed by atoms with Gasteiger partial charge in [0.2, 0.25) is 5.76 Å². The molecule has 29 heavy (non-hydrogen) atoms. The number of ether oxygens (including phenoxy) is 1. The van der Waals surface area contributed by atoms with Gasteiger partial charge in [0, 0.05) is 5.56 Å². The van der Waals surface area contributed by atoms with Crippen molar-refractivity contribution in [3.05, 3.63) is 76.4 Å². The monoisotopic (exact) mass is 433 g/mol. The highest BCUT2D eigenvalue weighted by atomic mass is 32.2. The summed E-state index contributed by atoms with van der Waals surface area (Å²) in [5, 5.41) is 3.77. The molecule has 0 saturated carbocycles. The Balaban J connectivity index is 1.60. The lowest BCUT2D eigenvalue weighted by Crippen LogP contribution is -2.33. The quantitative estimate of drug-likeness (QED) is 0.568. The van der Waals surface area contributed by atoms with Gasteiger partial charge in [0.1, 0.15) is 0 Å². The van der Waals surface area contributed by atoms with Crippen LogP contribution in [0.5, 0.6) is 0 Å². The van der Waals surface area contributed by atoms with E-state index >= 15 is 0 Å². The van der Waals surface area contributed by atoms with Gasteiger partial charge >= 0.3 is 5.97 Å².